The fraction of sp³-hybridized carbons (Fsp3) is 0.579. The second kappa shape index (κ2) is 8.18. The molecule has 0 saturated heterocycles. The summed E-state index contributed by atoms with van der Waals surface area (Å²) in [5.41, 5.74) is 1.71. The van der Waals surface area contributed by atoms with Gasteiger partial charge in [0.25, 0.3) is 0 Å². The Bertz CT molecular complexity index is 594. The fourth-order valence-corrected chi connectivity index (χ4v) is 3.01. The predicted molar refractivity (Wildman–Crippen MR) is 95.1 cm³/mol. The van der Waals surface area contributed by atoms with Crippen LogP contribution in [0, 0.1) is 18.8 Å². The maximum absolute atomic E-state index is 12.6. The highest BCUT2D eigenvalue weighted by atomic mass is 16.5. The molecule has 1 fully saturated rings. The molecule has 1 saturated carbocycles. The first-order valence-electron chi connectivity index (χ1n) is 8.76. The molecule has 1 aliphatic rings. The van der Waals surface area contributed by atoms with Gasteiger partial charge in [0.2, 0.25) is 11.8 Å². The molecule has 0 radical (unpaired) electrons. The predicted octanol–water partition coefficient (Wildman–Crippen LogP) is 3.23. The highest BCUT2D eigenvalue weighted by molar-refractivity contribution is 6.00. The van der Waals surface area contributed by atoms with Crippen molar-refractivity contribution in [1.82, 2.24) is 4.90 Å². The van der Waals surface area contributed by atoms with Crippen LogP contribution in [0.15, 0.2) is 18.2 Å². The van der Waals surface area contributed by atoms with Crippen molar-refractivity contribution in [3.63, 3.8) is 0 Å². The zero-order valence-corrected chi connectivity index (χ0v) is 15.1. The van der Waals surface area contributed by atoms with Gasteiger partial charge in [-0.05, 0) is 43.9 Å². The highest BCUT2D eigenvalue weighted by Crippen LogP contribution is 2.41. The Hall–Kier alpha value is -2.04. The van der Waals surface area contributed by atoms with Crippen molar-refractivity contribution >= 4 is 17.5 Å². The summed E-state index contributed by atoms with van der Waals surface area (Å²) in [7, 11) is 1.58. The van der Waals surface area contributed by atoms with Crippen molar-refractivity contribution in [3.05, 3.63) is 23.8 Å². The third kappa shape index (κ3) is 4.28. The molecule has 0 aromatic heterocycles. The number of ether oxygens (including phenoxy) is 1. The van der Waals surface area contributed by atoms with E-state index >= 15 is 0 Å². The van der Waals surface area contributed by atoms with Crippen LogP contribution in [0.4, 0.5) is 5.69 Å². The van der Waals surface area contributed by atoms with Crippen LogP contribution in [0.25, 0.3) is 0 Å². The monoisotopic (exact) mass is 332 g/mol. The third-order valence-electron chi connectivity index (χ3n) is 4.36. The molecule has 2 amide bonds. The third-order valence-corrected chi connectivity index (χ3v) is 4.36. The van der Waals surface area contributed by atoms with Crippen LogP contribution in [-0.2, 0) is 9.59 Å². The van der Waals surface area contributed by atoms with Crippen LogP contribution in [-0.4, -0.2) is 36.9 Å². The van der Waals surface area contributed by atoms with Gasteiger partial charge in [-0.15, -0.1) is 0 Å². The SMILES string of the molecule is CCCN(CCC)C(=O)C1CC1C(=O)Nc1cc(C)ccc1OC. The number of aryl methyl sites for hydroxylation is 1. The molecule has 24 heavy (non-hydrogen) atoms. The number of carbonyl (C=O) groups excluding carboxylic acids is 2. The number of hydrogen-bond donors (Lipinski definition) is 1. The van der Waals surface area contributed by atoms with Crippen molar-refractivity contribution < 1.29 is 14.3 Å². The number of rotatable bonds is 8. The van der Waals surface area contributed by atoms with Crippen LogP contribution < -0.4 is 10.1 Å². The molecule has 1 aromatic carbocycles. The summed E-state index contributed by atoms with van der Waals surface area (Å²) in [6, 6.07) is 5.66. The summed E-state index contributed by atoms with van der Waals surface area (Å²) >= 11 is 0. The second-order valence-electron chi connectivity index (χ2n) is 6.47. The molecule has 0 spiro atoms. The minimum atomic E-state index is -0.223. The maximum Gasteiger partial charge on any atom is 0.228 e. The van der Waals surface area contributed by atoms with E-state index in [2.05, 4.69) is 19.2 Å². The Labute approximate surface area is 144 Å². The summed E-state index contributed by atoms with van der Waals surface area (Å²) in [4.78, 5) is 26.9. The van der Waals surface area contributed by atoms with Gasteiger partial charge in [-0.2, -0.15) is 0 Å². The van der Waals surface area contributed by atoms with E-state index in [1.807, 2.05) is 30.0 Å². The highest BCUT2D eigenvalue weighted by Gasteiger charge is 2.49. The van der Waals surface area contributed by atoms with Gasteiger partial charge in [-0.1, -0.05) is 19.9 Å². The number of benzene rings is 1. The van der Waals surface area contributed by atoms with E-state index in [0.29, 0.717) is 17.9 Å². The Morgan fingerprint density at radius 2 is 1.88 bits per heavy atom. The van der Waals surface area contributed by atoms with E-state index in [4.69, 9.17) is 4.74 Å². The topological polar surface area (TPSA) is 58.6 Å². The molecule has 5 heteroatoms. The molecule has 1 aromatic rings. The largest absolute Gasteiger partial charge is 0.495 e. The summed E-state index contributed by atoms with van der Waals surface area (Å²) in [5, 5.41) is 2.92. The van der Waals surface area contributed by atoms with Crippen LogP contribution in [0.3, 0.4) is 0 Å². The lowest BCUT2D eigenvalue weighted by Gasteiger charge is -2.21. The average Bonchev–Trinajstić information content (AvgIpc) is 3.35. The summed E-state index contributed by atoms with van der Waals surface area (Å²) in [5.74, 6) is 0.272. The molecular formula is C19H28N2O3. The van der Waals surface area contributed by atoms with Gasteiger partial charge >= 0.3 is 0 Å². The first-order chi connectivity index (χ1) is 11.5. The van der Waals surface area contributed by atoms with E-state index in [0.717, 1.165) is 31.5 Å². The summed E-state index contributed by atoms with van der Waals surface area (Å²) in [6.45, 7) is 7.63. The van der Waals surface area contributed by atoms with Gasteiger partial charge in [-0.3, -0.25) is 9.59 Å². The number of carbonyl (C=O) groups is 2. The number of amides is 2. The minimum absolute atomic E-state index is 0.0924. The zero-order valence-electron chi connectivity index (χ0n) is 15.1. The smallest absolute Gasteiger partial charge is 0.228 e. The van der Waals surface area contributed by atoms with E-state index < -0.39 is 0 Å². The zero-order chi connectivity index (χ0) is 17.7. The quantitative estimate of drug-likeness (QED) is 0.795. The van der Waals surface area contributed by atoms with Gasteiger partial charge in [-0.25, -0.2) is 0 Å². The fourth-order valence-electron chi connectivity index (χ4n) is 3.01. The Kier molecular flexibility index (Phi) is 6.23. The Balaban J connectivity index is 1.98. The van der Waals surface area contributed by atoms with Crippen molar-refractivity contribution in [1.29, 1.82) is 0 Å². The van der Waals surface area contributed by atoms with E-state index in [9.17, 15) is 9.59 Å². The lowest BCUT2D eigenvalue weighted by atomic mass is 10.2. The summed E-state index contributed by atoms with van der Waals surface area (Å²) < 4.78 is 5.29. The van der Waals surface area contributed by atoms with E-state index in [1.54, 1.807) is 7.11 Å². The maximum atomic E-state index is 12.6. The first kappa shape index (κ1) is 18.3. The molecular weight excluding hydrogens is 304 g/mol. The van der Waals surface area contributed by atoms with Crippen LogP contribution in [0.1, 0.15) is 38.7 Å². The molecule has 132 valence electrons. The van der Waals surface area contributed by atoms with Crippen molar-refractivity contribution in [2.45, 2.75) is 40.0 Å². The lowest BCUT2D eigenvalue weighted by Crippen LogP contribution is -2.34. The standard InChI is InChI=1S/C19H28N2O3/c1-5-9-21(10-6-2)19(23)15-12-14(15)18(22)20-16-11-13(3)7-8-17(16)24-4/h7-8,11,14-15H,5-6,9-10,12H2,1-4H3,(H,20,22). The first-order valence-corrected chi connectivity index (χ1v) is 8.76. The second-order valence-corrected chi connectivity index (χ2v) is 6.47. The molecule has 5 nitrogen and oxygen atoms in total. The average molecular weight is 332 g/mol. The molecule has 2 rings (SSSR count). The van der Waals surface area contributed by atoms with E-state index in [1.165, 1.54) is 0 Å². The van der Waals surface area contributed by atoms with Crippen LogP contribution in [0.2, 0.25) is 0 Å². The van der Waals surface area contributed by atoms with Gasteiger partial charge in [0.1, 0.15) is 5.75 Å². The molecule has 1 N–H and O–H groups in total. The number of methoxy groups -OCH3 is 1. The minimum Gasteiger partial charge on any atom is -0.495 e. The normalized spacial score (nSPS) is 18.8. The summed E-state index contributed by atoms with van der Waals surface area (Å²) in [6.07, 6.45) is 2.52. The van der Waals surface area contributed by atoms with Crippen molar-refractivity contribution in [2.75, 3.05) is 25.5 Å². The molecule has 0 aliphatic heterocycles. The van der Waals surface area contributed by atoms with Gasteiger partial charge in [0.15, 0.2) is 0 Å². The Morgan fingerprint density at radius 1 is 1.21 bits per heavy atom. The van der Waals surface area contributed by atoms with Crippen LogP contribution >= 0.6 is 0 Å². The van der Waals surface area contributed by atoms with Gasteiger partial charge in [0, 0.05) is 13.1 Å². The van der Waals surface area contributed by atoms with Crippen LogP contribution in [0.5, 0.6) is 5.75 Å². The number of nitrogens with zero attached hydrogens (tertiary/aromatic N) is 1. The van der Waals surface area contributed by atoms with Gasteiger partial charge < -0.3 is 15.0 Å². The Morgan fingerprint density at radius 3 is 2.46 bits per heavy atom. The van der Waals surface area contributed by atoms with Crippen molar-refractivity contribution in [3.8, 4) is 5.75 Å². The molecule has 2 unspecified atom stereocenters. The number of anilines is 1. The lowest BCUT2D eigenvalue weighted by molar-refractivity contribution is -0.134. The van der Waals surface area contributed by atoms with Gasteiger partial charge in [0.05, 0.1) is 24.6 Å². The molecule has 0 heterocycles. The molecule has 1 aliphatic carbocycles. The van der Waals surface area contributed by atoms with E-state index in [-0.39, 0.29) is 23.7 Å². The molecule has 0 bridgehead atoms. The van der Waals surface area contributed by atoms with Crippen molar-refractivity contribution in [2.24, 2.45) is 11.8 Å². The number of hydrogen-bond acceptors (Lipinski definition) is 3. The molecule has 2 atom stereocenters. The number of nitrogens with one attached hydrogen (secondary N) is 1.